The van der Waals surface area contributed by atoms with E-state index >= 15 is 0 Å². The predicted molar refractivity (Wildman–Crippen MR) is 94.9 cm³/mol. The summed E-state index contributed by atoms with van der Waals surface area (Å²) in [7, 11) is 0. The second-order valence-corrected chi connectivity index (χ2v) is 6.43. The van der Waals surface area contributed by atoms with Crippen molar-refractivity contribution in [2.24, 2.45) is 5.73 Å². The van der Waals surface area contributed by atoms with Crippen LogP contribution in [-0.4, -0.2) is 29.4 Å². The Kier molecular flexibility index (Phi) is 5.16. The number of nitrogens with zero attached hydrogens (tertiary/aromatic N) is 1. The van der Waals surface area contributed by atoms with Crippen molar-refractivity contribution >= 4 is 5.91 Å². The normalized spacial score (nSPS) is 20.7. The molecular formula is C20H24N2O2. The van der Waals surface area contributed by atoms with Gasteiger partial charge in [0.15, 0.2) is 0 Å². The van der Waals surface area contributed by atoms with E-state index in [1.807, 2.05) is 59.5 Å². The van der Waals surface area contributed by atoms with Gasteiger partial charge in [-0.1, -0.05) is 30.3 Å². The molecule has 1 saturated heterocycles. The van der Waals surface area contributed by atoms with Crippen LogP contribution in [0.15, 0.2) is 54.6 Å². The molecule has 1 amide bonds. The first-order chi connectivity index (χ1) is 11.6. The van der Waals surface area contributed by atoms with Crippen molar-refractivity contribution in [1.29, 1.82) is 0 Å². The Balaban J connectivity index is 1.60. The van der Waals surface area contributed by atoms with Gasteiger partial charge in [-0.05, 0) is 49.6 Å². The second kappa shape index (κ2) is 7.49. The number of amides is 1. The molecular weight excluding hydrogens is 300 g/mol. The van der Waals surface area contributed by atoms with Crippen LogP contribution in [0.1, 0.15) is 35.7 Å². The maximum atomic E-state index is 12.7. The third-order valence-electron chi connectivity index (χ3n) is 4.53. The van der Waals surface area contributed by atoms with Crippen molar-refractivity contribution < 1.29 is 9.53 Å². The third-order valence-corrected chi connectivity index (χ3v) is 4.53. The molecule has 2 atom stereocenters. The lowest BCUT2D eigenvalue weighted by Crippen LogP contribution is -2.48. The summed E-state index contributed by atoms with van der Waals surface area (Å²) in [5.74, 6) is 0.932. The lowest BCUT2D eigenvalue weighted by molar-refractivity contribution is 0.0619. The minimum atomic E-state index is 0.0879. The van der Waals surface area contributed by atoms with E-state index in [2.05, 4.69) is 6.92 Å². The van der Waals surface area contributed by atoms with E-state index in [1.165, 1.54) is 0 Å². The molecule has 0 aromatic heterocycles. The fourth-order valence-electron chi connectivity index (χ4n) is 3.10. The van der Waals surface area contributed by atoms with E-state index in [9.17, 15) is 4.79 Å². The zero-order chi connectivity index (χ0) is 16.9. The van der Waals surface area contributed by atoms with Gasteiger partial charge in [-0.2, -0.15) is 0 Å². The summed E-state index contributed by atoms with van der Waals surface area (Å²) in [6.07, 6.45) is 1.74. The van der Waals surface area contributed by atoms with Gasteiger partial charge in [-0.15, -0.1) is 0 Å². The number of likely N-dealkylation sites (tertiary alicyclic amines) is 1. The number of nitrogens with two attached hydrogens (primary N) is 1. The zero-order valence-electron chi connectivity index (χ0n) is 14.0. The standard InChI is InChI=1S/C20H24N2O2/c1-15-13-18(21)11-12-22(15)20(23)17-9-7-16(8-10-17)14-24-19-5-3-2-4-6-19/h2-10,15,18H,11-14,21H2,1H3/t15-,18+/m1/s1. The number of para-hydroxylation sites is 1. The topological polar surface area (TPSA) is 55.6 Å². The first-order valence-electron chi connectivity index (χ1n) is 8.47. The Morgan fingerprint density at radius 3 is 2.54 bits per heavy atom. The molecule has 2 N–H and O–H groups in total. The first kappa shape index (κ1) is 16.5. The maximum absolute atomic E-state index is 12.7. The number of piperidine rings is 1. The molecule has 4 nitrogen and oxygen atoms in total. The fourth-order valence-corrected chi connectivity index (χ4v) is 3.10. The van der Waals surface area contributed by atoms with Gasteiger partial charge in [0, 0.05) is 24.2 Å². The summed E-state index contributed by atoms with van der Waals surface area (Å²) in [6, 6.07) is 17.8. The van der Waals surface area contributed by atoms with Crippen LogP contribution in [0.5, 0.6) is 5.75 Å². The molecule has 126 valence electrons. The number of hydrogen-bond acceptors (Lipinski definition) is 3. The minimum absolute atomic E-state index is 0.0879. The highest BCUT2D eigenvalue weighted by Crippen LogP contribution is 2.19. The second-order valence-electron chi connectivity index (χ2n) is 6.43. The molecule has 2 aromatic rings. The number of carbonyl (C=O) groups excluding carboxylic acids is 1. The van der Waals surface area contributed by atoms with Crippen LogP contribution in [0.3, 0.4) is 0 Å². The fraction of sp³-hybridized carbons (Fsp3) is 0.350. The van der Waals surface area contributed by atoms with Gasteiger partial charge in [0.05, 0.1) is 0 Å². The Morgan fingerprint density at radius 1 is 1.17 bits per heavy atom. The average Bonchev–Trinajstić information content (AvgIpc) is 2.61. The zero-order valence-corrected chi connectivity index (χ0v) is 14.0. The van der Waals surface area contributed by atoms with Crippen LogP contribution >= 0.6 is 0 Å². The highest BCUT2D eigenvalue weighted by molar-refractivity contribution is 5.94. The molecule has 0 saturated carbocycles. The molecule has 1 heterocycles. The predicted octanol–water partition coefficient (Wildman–Crippen LogP) is 3.22. The van der Waals surface area contributed by atoms with E-state index in [-0.39, 0.29) is 18.0 Å². The number of benzene rings is 2. The van der Waals surface area contributed by atoms with E-state index in [1.54, 1.807) is 0 Å². The van der Waals surface area contributed by atoms with Crippen molar-refractivity contribution in [1.82, 2.24) is 4.90 Å². The van der Waals surface area contributed by atoms with Crippen molar-refractivity contribution in [2.45, 2.75) is 38.5 Å². The molecule has 2 aromatic carbocycles. The Bertz CT molecular complexity index is 670. The van der Waals surface area contributed by atoms with Crippen molar-refractivity contribution in [3.63, 3.8) is 0 Å². The van der Waals surface area contributed by atoms with Gasteiger partial charge < -0.3 is 15.4 Å². The lowest BCUT2D eigenvalue weighted by Gasteiger charge is -2.36. The van der Waals surface area contributed by atoms with Gasteiger partial charge in [0.1, 0.15) is 12.4 Å². The molecule has 0 aliphatic carbocycles. The Hall–Kier alpha value is -2.33. The molecule has 0 bridgehead atoms. The van der Waals surface area contributed by atoms with E-state index in [4.69, 9.17) is 10.5 Å². The smallest absolute Gasteiger partial charge is 0.254 e. The monoisotopic (exact) mass is 324 g/mol. The molecule has 1 fully saturated rings. The van der Waals surface area contributed by atoms with Crippen molar-refractivity contribution in [3.8, 4) is 5.75 Å². The quantitative estimate of drug-likeness (QED) is 0.939. The van der Waals surface area contributed by atoms with Gasteiger partial charge in [-0.25, -0.2) is 0 Å². The van der Waals surface area contributed by atoms with E-state index in [0.29, 0.717) is 6.61 Å². The van der Waals surface area contributed by atoms with Gasteiger partial charge in [0.25, 0.3) is 5.91 Å². The summed E-state index contributed by atoms with van der Waals surface area (Å²) in [5, 5.41) is 0. The van der Waals surface area contributed by atoms with Gasteiger partial charge >= 0.3 is 0 Å². The summed E-state index contributed by atoms with van der Waals surface area (Å²) in [4.78, 5) is 14.6. The van der Waals surface area contributed by atoms with Crippen LogP contribution in [0, 0.1) is 0 Å². The third kappa shape index (κ3) is 3.95. The number of ether oxygens (including phenoxy) is 1. The number of hydrogen-bond donors (Lipinski definition) is 1. The highest BCUT2D eigenvalue weighted by atomic mass is 16.5. The number of carbonyl (C=O) groups is 1. The lowest BCUT2D eigenvalue weighted by atomic mass is 9.98. The minimum Gasteiger partial charge on any atom is -0.489 e. The molecule has 0 unspecified atom stereocenters. The first-order valence-corrected chi connectivity index (χ1v) is 8.47. The largest absolute Gasteiger partial charge is 0.489 e. The average molecular weight is 324 g/mol. The van der Waals surface area contributed by atoms with Gasteiger partial charge in [0.2, 0.25) is 0 Å². The molecule has 24 heavy (non-hydrogen) atoms. The molecule has 0 radical (unpaired) electrons. The summed E-state index contributed by atoms with van der Waals surface area (Å²) in [6.45, 7) is 3.30. The molecule has 3 rings (SSSR count). The Morgan fingerprint density at radius 2 is 1.88 bits per heavy atom. The number of rotatable bonds is 4. The van der Waals surface area contributed by atoms with E-state index < -0.39 is 0 Å². The van der Waals surface area contributed by atoms with Crippen LogP contribution in [0.2, 0.25) is 0 Å². The summed E-state index contributed by atoms with van der Waals surface area (Å²) >= 11 is 0. The maximum Gasteiger partial charge on any atom is 0.254 e. The van der Waals surface area contributed by atoms with Crippen molar-refractivity contribution in [2.75, 3.05) is 6.54 Å². The molecule has 1 aliphatic rings. The summed E-state index contributed by atoms with van der Waals surface area (Å²) in [5.41, 5.74) is 7.74. The van der Waals surface area contributed by atoms with Crippen LogP contribution < -0.4 is 10.5 Å². The SMILES string of the molecule is C[C@@H]1C[C@@H](N)CCN1C(=O)c1ccc(COc2ccccc2)cc1. The Labute approximate surface area is 143 Å². The van der Waals surface area contributed by atoms with Crippen LogP contribution in [0.4, 0.5) is 0 Å². The van der Waals surface area contributed by atoms with Gasteiger partial charge in [-0.3, -0.25) is 4.79 Å². The van der Waals surface area contributed by atoms with Crippen molar-refractivity contribution in [3.05, 3.63) is 65.7 Å². The molecule has 0 spiro atoms. The van der Waals surface area contributed by atoms with Crippen LogP contribution in [0.25, 0.3) is 0 Å². The van der Waals surface area contributed by atoms with Crippen LogP contribution in [-0.2, 0) is 6.61 Å². The summed E-state index contributed by atoms with van der Waals surface area (Å²) < 4.78 is 5.73. The van der Waals surface area contributed by atoms with E-state index in [0.717, 1.165) is 36.3 Å². The molecule has 4 heteroatoms. The highest BCUT2D eigenvalue weighted by Gasteiger charge is 2.27. The molecule has 1 aliphatic heterocycles.